The number of carbonyl (C=O) groups excluding carboxylic acids is 2. The number of pyridine rings is 1. The average Bonchev–Trinajstić information content (AvgIpc) is 3.22. The van der Waals surface area contributed by atoms with Gasteiger partial charge in [-0.2, -0.15) is 5.10 Å². The van der Waals surface area contributed by atoms with E-state index in [1.807, 2.05) is 20.0 Å². The number of nitrogens with zero attached hydrogens (tertiary/aromatic N) is 3. The molecule has 3 aromatic heterocycles. The molecule has 0 aliphatic rings. The van der Waals surface area contributed by atoms with Gasteiger partial charge in [-0.3, -0.25) is 14.3 Å². The van der Waals surface area contributed by atoms with Crippen LogP contribution in [0.4, 0.5) is 5.69 Å². The van der Waals surface area contributed by atoms with E-state index in [1.165, 1.54) is 12.3 Å². The second kappa shape index (κ2) is 7.64. The smallest absolute Gasteiger partial charge is 0.244 e. The Morgan fingerprint density at radius 3 is 3.00 bits per heavy atom. The number of anilines is 1. The summed E-state index contributed by atoms with van der Waals surface area (Å²) < 4.78 is 6.79. The molecular formula is C18H19N5O3. The molecular weight excluding hydrogens is 334 g/mol. The SMILES string of the molecule is Cc1nn(C)c2ncc(NC(=O)CCNC(=O)/C=C/c3ccco3)cc12. The highest BCUT2D eigenvalue weighted by molar-refractivity contribution is 5.94. The van der Waals surface area contributed by atoms with Crippen molar-refractivity contribution in [1.29, 1.82) is 0 Å². The van der Waals surface area contributed by atoms with Gasteiger partial charge in [-0.1, -0.05) is 0 Å². The minimum atomic E-state index is -0.289. The number of rotatable bonds is 6. The Morgan fingerprint density at radius 1 is 1.38 bits per heavy atom. The number of hydrogen-bond donors (Lipinski definition) is 2. The predicted molar refractivity (Wildman–Crippen MR) is 97.2 cm³/mol. The highest BCUT2D eigenvalue weighted by atomic mass is 16.3. The zero-order valence-electron chi connectivity index (χ0n) is 14.5. The number of aryl methyl sites for hydroxylation is 2. The summed E-state index contributed by atoms with van der Waals surface area (Å²) in [6.07, 6.45) is 6.20. The Labute approximate surface area is 149 Å². The monoisotopic (exact) mass is 353 g/mol. The summed E-state index contributed by atoms with van der Waals surface area (Å²) in [5.41, 5.74) is 2.21. The van der Waals surface area contributed by atoms with E-state index in [4.69, 9.17) is 4.42 Å². The van der Waals surface area contributed by atoms with Gasteiger partial charge in [0.2, 0.25) is 11.8 Å². The number of hydrogen-bond acceptors (Lipinski definition) is 5. The number of aromatic nitrogens is 3. The highest BCUT2D eigenvalue weighted by Crippen LogP contribution is 2.19. The lowest BCUT2D eigenvalue weighted by molar-refractivity contribution is -0.117. The highest BCUT2D eigenvalue weighted by Gasteiger charge is 2.09. The number of nitrogens with one attached hydrogen (secondary N) is 2. The molecule has 3 aromatic rings. The summed E-state index contributed by atoms with van der Waals surface area (Å²) in [4.78, 5) is 28.0. The van der Waals surface area contributed by atoms with Crippen LogP contribution in [0, 0.1) is 6.92 Å². The molecule has 0 atom stereocenters. The Balaban J connectivity index is 1.48. The van der Waals surface area contributed by atoms with Crippen LogP contribution in [0.3, 0.4) is 0 Å². The van der Waals surface area contributed by atoms with Gasteiger partial charge in [0.05, 0.1) is 23.8 Å². The second-order valence-corrected chi connectivity index (χ2v) is 5.74. The van der Waals surface area contributed by atoms with Crippen LogP contribution in [0.5, 0.6) is 0 Å². The summed E-state index contributed by atoms with van der Waals surface area (Å²) >= 11 is 0. The first-order valence-corrected chi connectivity index (χ1v) is 8.11. The molecule has 26 heavy (non-hydrogen) atoms. The van der Waals surface area contributed by atoms with Crippen molar-refractivity contribution in [3.8, 4) is 0 Å². The number of furan rings is 1. The third kappa shape index (κ3) is 4.15. The normalized spacial score (nSPS) is 11.2. The number of amides is 2. The second-order valence-electron chi connectivity index (χ2n) is 5.74. The van der Waals surface area contributed by atoms with E-state index in [1.54, 1.807) is 29.1 Å². The van der Waals surface area contributed by atoms with Gasteiger partial charge in [0, 0.05) is 31.5 Å². The third-order valence-corrected chi connectivity index (χ3v) is 3.74. The van der Waals surface area contributed by atoms with Crippen molar-refractivity contribution in [2.45, 2.75) is 13.3 Å². The first kappa shape index (κ1) is 17.4. The lowest BCUT2D eigenvalue weighted by atomic mass is 10.2. The van der Waals surface area contributed by atoms with Crippen LogP contribution < -0.4 is 10.6 Å². The van der Waals surface area contributed by atoms with Gasteiger partial charge in [0.1, 0.15) is 5.76 Å². The van der Waals surface area contributed by atoms with Crippen LogP contribution in [-0.4, -0.2) is 33.1 Å². The average molecular weight is 353 g/mol. The zero-order valence-corrected chi connectivity index (χ0v) is 14.5. The maximum absolute atomic E-state index is 12.0. The summed E-state index contributed by atoms with van der Waals surface area (Å²) in [5, 5.41) is 10.6. The van der Waals surface area contributed by atoms with E-state index in [2.05, 4.69) is 20.7 Å². The van der Waals surface area contributed by atoms with Crippen molar-refractivity contribution < 1.29 is 14.0 Å². The lowest BCUT2D eigenvalue weighted by Gasteiger charge is -2.06. The molecule has 0 radical (unpaired) electrons. The molecule has 0 fully saturated rings. The molecule has 134 valence electrons. The fourth-order valence-corrected chi connectivity index (χ4v) is 2.50. The first-order valence-electron chi connectivity index (χ1n) is 8.11. The van der Waals surface area contributed by atoms with Gasteiger partial charge in [-0.25, -0.2) is 4.98 Å². The molecule has 0 aliphatic heterocycles. The van der Waals surface area contributed by atoms with Crippen molar-refractivity contribution in [3.05, 3.63) is 48.2 Å². The van der Waals surface area contributed by atoms with Gasteiger partial charge < -0.3 is 15.1 Å². The van der Waals surface area contributed by atoms with Crippen molar-refractivity contribution in [2.24, 2.45) is 7.05 Å². The van der Waals surface area contributed by atoms with E-state index in [-0.39, 0.29) is 24.8 Å². The van der Waals surface area contributed by atoms with Crippen LogP contribution in [0.15, 0.2) is 41.2 Å². The first-order chi connectivity index (χ1) is 12.5. The van der Waals surface area contributed by atoms with Crippen LogP contribution in [0.25, 0.3) is 17.1 Å². The van der Waals surface area contributed by atoms with E-state index >= 15 is 0 Å². The molecule has 3 heterocycles. The predicted octanol–water partition coefficient (Wildman–Crippen LogP) is 2.03. The Hall–Kier alpha value is -3.42. The molecule has 0 spiro atoms. The van der Waals surface area contributed by atoms with E-state index in [0.717, 1.165) is 16.7 Å². The van der Waals surface area contributed by atoms with E-state index < -0.39 is 0 Å². The summed E-state index contributed by atoms with van der Waals surface area (Å²) in [6, 6.07) is 5.32. The Kier molecular flexibility index (Phi) is 5.12. The van der Waals surface area contributed by atoms with E-state index in [9.17, 15) is 9.59 Å². The molecule has 0 aliphatic carbocycles. The Morgan fingerprint density at radius 2 is 2.23 bits per heavy atom. The van der Waals surface area contributed by atoms with Gasteiger partial charge in [-0.05, 0) is 31.2 Å². The fraction of sp³-hybridized carbons (Fsp3) is 0.222. The molecule has 2 N–H and O–H groups in total. The molecule has 2 amide bonds. The van der Waals surface area contributed by atoms with Gasteiger partial charge in [0.15, 0.2) is 5.65 Å². The van der Waals surface area contributed by atoms with Crippen LogP contribution in [0.2, 0.25) is 0 Å². The quantitative estimate of drug-likeness (QED) is 0.660. The summed E-state index contributed by atoms with van der Waals surface area (Å²) in [7, 11) is 1.82. The van der Waals surface area contributed by atoms with Gasteiger partial charge >= 0.3 is 0 Å². The van der Waals surface area contributed by atoms with Gasteiger partial charge in [0.25, 0.3) is 0 Å². The summed E-state index contributed by atoms with van der Waals surface area (Å²) in [6.45, 7) is 2.12. The Bertz CT molecular complexity index is 957. The van der Waals surface area contributed by atoms with Crippen molar-refractivity contribution in [1.82, 2.24) is 20.1 Å². The van der Waals surface area contributed by atoms with E-state index in [0.29, 0.717) is 11.4 Å². The standard InChI is InChI=1S/C18H19N5O3/c1-12-15-10-13(11-20-18(15)23(2)22-12)21-17(25)7-8-19-16(24)6-5-14-4-3-9-26-14/h3-6,9-11H,7-8H2,1-2H3,(H,19,24)(H,21,25)/b6-5+. The van der Waals surface area contributed by atoms with Gasteiger partial charge in [-0.15, -0.1) is 0 Å². The third-order valence-electron chi connectivity index (χ3n) is 3.74. The minimum absolute atomic E-state index is 0.157. The molecule has 3 rings (SSSR count). The van der Waals surface area contributed by atoms with Crippen LogP contribution in [0.1, 0.15) is 17.9 Å². The largest absolute Gasteiger partial charge is 0.465 e. The molecule has 8 nitrogen and oxygen atoms in total. The number of carbonyl (C=O) groups is 2. The van der Waals surface area contributed by atoms with Crippen LogP contribution >= 0.6 is 0 Å². The molecule has 8 heteroatoms. The van der Waals surface area contributed by atoms with Crippen molar-refractivity contribution in [3.63, 3.8) is 0 Å². The number of fused-ring (bicyclic) bond motifs is 1. The molecule has 0 saturated heterocycles. The van der Waals surface area contributed by atoms with Crippen molar-refractivity contribution >= 4 is 34.6 Å². The maximum atomic E-state index is 12.0. The lowest BCUT2D eigenvalue weighted by Crippen LogP contribution is -2.26. The maximum Gasteiger partial charge on any atom is 0.244 e. The summed E-state index contributed by atoms with van der Waals surface area (Å²) in [5.74, 6) is 0.0951. The topological polar surface area (TPSA) is 102 Å². The molecule has 0 aromatic carbocycles. The van der Waals surface area contributed by atoms with Crippen LogP contribution in [-0.2, 0) is 16.6 Å². The molecule has 0 unspecified atom stereocenters. The van der Waals surface area contributed by atoms with Crippen molar-refractivity contribution in [2.75, 3.05) is 11.9 Å². The molecule has 0 saturated carbocycles. The molecule has 0 bridgehead atoms. The fourth-order valence-electron chi connectivity index (χ4n) is 2.50. The minimum Gasteiger partial charge on any atom is -0.465 e. The zero-order chi connectivity index (χ0) is 18.5.